The van der Waals surface area contributed by atoms with Gasteiger partial charge in [0.15, 0.2) is 5.60 Å². The molecule has 8 heteroatoms. The Morgan fingerprint density at radius 3 is 2.64 bits per heavy atom. The number of aromatic nitrogens is 2. The third-order valence-corrected chi connectivity index (χ3v) is 3.94. The van der Waals surface area contributed by atoms with E-state index in [9.17, 15) is 14.7 Å². The summed E-state index contributed by atoms with van der Waals surface area (Å²) >= 11 is 6.02. The third kappa shape index (κ3) is 4.18. The Labute approximate surface area is 150 Å². The van der Waals surface area contributed by atoms with Crippen molar-refractivity contribution in [3.05, 3.63) is 46.7 Å². The van der Waals surface area contributed by atoms with Crippen molar-refractivity contribution in [2.75, 3.05) is 6.54 Å². The number of carboxylic acids is 1. The van der Waals surface area contributed by atoms with Crippen molar-refractivity contribution in [1.82, 2.24) is 15.1 Å². The molecule has 0 aliphatic rings. The van der Waals surface area contributed by atoms with Crippen LogP contribution >= 0.6 is 11.6 Å². The topological polar surface area (TPSA) is 104 Å². The molecule has 1 aromatic carbocycles. The van der Waals surface area contributed by atoms with Gasteiger partial charge in [-0.2, -0.15) is 5.10 Å². The molecule has 0 saturated carbocycles. The number of halogens is 1. The average Bonchev–Trinajstić information content (AvgIpc) is 2.97. The number of carbonyl (C=O) groups excluding carboxylic acids is 1. The second kappa shape index (κ2) is 7.25. The Morgan fingerprint density at radius 2 is 2.08 bits per heavy atom. The highest BCUT2D eigenvalue weighted by molar-refractivity contribution is 6.30. The highest BCUT2D eigenvalue weighted by Gasteiger charge is 2.31. The molecule has 0 fully saturated rings. The van der Waals surface area contributed by atoms with Crippen LogP contribution < -0.4 is 5.32 Å². The molecule has 1 heterocycles. The van der Waals surface area contributed by atoms with Gasteiger partial charge in [0.25, 0.3) is 5.91 Å². The van der Waals surface area contributed by atoms with Crippen LogP contribution in [0, 0.1) is 0 Å². The van der Waals surface area contributed by atoms with E-state index in [0.717, 1.165) is 6.92 Å². The van der Waals surface area contributed by atoms with Crippen molar-refractivity contribution in [2.45, 2.75) is 32.3 Å². The van der Waals surface area contributed by atoms with E-state index in [1.165, 1.54) is 6.20 Å². The summed E-state index contributed by atoms with van der Waals surface area (Å²) in [6, 6.07) is 7.08. The highest BCUT2D eigenvalue weighted by atomic mass is 35.5. The first kappa shape index (κ1) is 19.0. The predicted molar refractivity (Wildman–Crippen MR) is 93.3 cm³/mol. The van der Waals surface area contributed by atoms with Gasteiger partial charge >= 0.3 is 5.97 Å². The van der Waals surface area contributed by atoms with Crippen LogP contribution in [0.4, 0.5) is 0 Å². The monoisotopic (exact) mass is 365 g/mol. The molecule has 25 heavy (non-hydrogen) atoms. The van der Waals surface area contributed by atoms with E-state index < -0.39 is 24.0 Å². The first-order chi connectivity index (χ1) is 11.6. The van der Waals surface area contributed by atoms with Crippen LogP contribution in [-0.4, -0.2) is 44.0 Å². The fourth-order valence-corrected chi connectivity index (χ4v) is 2.51. The van der Waals surface area contributed by atoms with Gasteiger partial charge in [-0.1, -0.05) is 31.5 Å². The summed E-state index contributed by atoms with van der Waals surface area (Å²) in [7, 11) is 0. The van der Waals surface area contributed by atoms with Gasteiger partial charge in [0.1, 0.15) is 0 Å². The van der Waals surface area contributed by atoms with E-state index in [1.54, 1.807) is 22.9 Å². The molecular weight excluding hydrogens is 346 g/mol. The molecule has 7 nitrogen and oxygen atoms in total. The summed E-state index contributed by atoms with van der Waals surface area (Å²) in [5.41, 5.74) is -0.352. The maximum absolute atomic E-state index is 12.5. The normalized spacial score (nSPS) is 13.5. The number of rotatable bonds is 6. The lowest BCUT2D eigenvalue weighted by Crippen LogP contribution is -2.46. The number of aliphatic carboxylic acids is 1. The van der Waals surface area contributed by atoms with E-state index in [2.05, 4.69) is 10.4 Å². The first-order valence-electron chi connectivity index (χ1n) is 7.71. The quantitative estimate of drug-likeness (QED) is 0.728. The molecule has 1 amide bonds. The Kier molecular flexibility index (Phi) is 5.49. The summed E-state index contributed by atoms with van der Waals surface area (Å²) in [6.45, 7) is 4.54. The van der Waals surface area contributed by atoms with Crippen molar-refractivity contribution in [1.29, 1.82) is 0 Å². The van der Waals surface area contributed by atoms with Crippen LogP contribution in [0.25, 0.3) is 5.69 Å². The van der Waals surface area contributed by atoms with Gasteiger partial charge < -0.3 is 15.5 Å². The number of aliphatic hydroxyl groups is 1. The van der Waals surface area contributed by atoms with Crippen molar-refractivity contribution >= 4 is 23.5 Å². The second-order valence-corrected chi connectivity index (χ2v) is 6.69. The zero-order chi connectivity index (χ0) is 18.8. The standard InChI is InChI=1S/C17H20ClN3O4/c1-10(2)14-13(15(22)19-9-17(3,25)16(23)24)8-20-21(14)12-6-4-5-11(18)7-12/h4-8,10,25H,9H2,1-3H3,(H,19,22)(H,23,24). The van der Waals surface area contributed by atoms with Crippen LogP contribution in [0.5, 0.6) is 0 Å². The molecule has 1 unspecified atom stereocenters. The van der Waals surface area contributed by atoms with E-state index in [0.29, 0.717) is 22.0 Å². The number of nitrogens with zero attached hydrogens (tertiary/aromatic N) is 2. The number of hydrogen-bond donors (Lipinski definition) is 3. The Morgan fingerprint density at radius 1 is 1.40 bits per heavy atom. The molecule has 0 saturated heterocycles. The summed E-state index contributed by atoms with van der Waals surface area (Å²) in [6.07, 6.45) is 1.42. The lowest BCUT2D eigenvalue weighted by atomic mass is 10.0. The third-order valence-electron chi connectivity index (χ3n) is 3.70. The van der Waals surface area contributed by atoms with Gasteiger partial charge in [0.2, 0.25) is 0 Å². The van der Waals surface area contributed by atoms with Crippen LogP contribution in [0.15, 0.2) is 30.5 Å². The van der Waals surface area contributed by atoms with Gasteiger partial charge in [0, 0.05) is 5.02 Å². The van der Waals surface area contributed by atoms with E-state index in [1.807, 2.05) is 19.9 Å². The van der Waals surface area contributed by atoms with Crippen LogP contribution in [-0.2, 0) is 4.79 Å². The Balaban J connectivity index is 2.33. The molecule has 1 aromatic heterocycles. The fraction of sp³-hybridized carbons (Fsp3) is 0.353. The molecule has 134 valence electrons. The van der Waals surface area contributed by atoms with Crippen molar-refractivity contribution in [2.24, 2.45) is 0 Å². The minimum Gasteiger partial charge on any atom is -0.479 e. The molecule has 0 radical (unpaired) electrons. The maximum Gasteiger partial charge on any atom is 0.337 e. The summed E-state index contributed by atoms with van der Waals surface area (Å²) < 4.78 is 1.63. The fourth-order valence-electron chi connectivity index (χ4n) is 2.33. The number of benzene rings is 1. The minimum absolute atomic E-state index is 0.0257. The number of hydrogen-bond acceptors (Lipinski definition) is 4. The van der Waals surface area contributed by atoms with Crippen molar-refractivity contribution < 1.29 is 19.8 Å². The molecule has 3 N–H and O–H groups in total. The summed E-state index contributed by atoms with van der Waals surface area (Å²) in [4.78, 5) is 23.4. The predicted octanol–water partition coefficient (Wildman–Crippen LogP) is 2.21. The van der Waals surface area contributed by atoms with Gasteiger partial charge in [-0.15, -0.1) is 0 Å². The van der Waals surface area contributed by atoms with Crippen LogP contribution in [0.1, 0.15) is 42.7 Å². The van der Waals surface area contributed by atoms with Crippen LogP contribution in [0.2, 0.25) is 5.02 Å². The smallest absolute Gasteiger partial charge is 0.337 e. The molecule has 2 rings (SSSR count). The van der Waals surface area contributed by atoms with E-state index in [-0.39, 0.29) is 5.92 Å². The molecular formula is C17H20ClN3O4. The SMILES string of the molecule is CC(C)c1c(C(=O)NCC(C)(O)C(=O)O)cnn1-c1cccc(Cl)c1. The lowest BCUT2D eigenvalue weighted by Gasteiger charge is -2.18. The van der Waals surface area contributed by atoms with Crippen molar-refractivity contribution in [3.8, 4) is 5.69 Å². The minimum atomic E-state index is -2.05. The van der Waals surface area contributed by atoms with E-state index >= 15 is 0 Å². The van der Waals surface area contributed by atoms with Gasteiger partial charge in [-0.3, -0.25) is 4.79 Å². The van der Waals surface area contributed by atoms with Crippen LogP contribution in [0.3, 0.4) is 0 Å². The summed E-state index contributed by atoms with van der Waals surface area (Å²) in [5, 5.41) is 25.9. The van der Waals surface area contributed by atoms with E-state index in [4.69, 9.17) is 16.7 Å². The number of carboxylic acid groups (broad SMARTS) is 1. The van der Waals surface area contributed by atoms with Gasteiger partial charge in [-0.05, 0) is 31.0 Å². The number of amides is 1. The zero-order valence-corrected chi connectivity index (χ0v) is 14.9. The molecule has 0 bridgehead atoms. The van der Waals surface area contributed by atoms with Gasteiger partial charge in [-0.25, -0.2) is 9.48 Å². The molecule has 0 aliphatic heterocycles. The number of nitrogens with one attached hydrogen (secondary N) is 1. The Bertz CT molecular complexity index is 799. The average molecular weight is 366 g/mol. The number of carbonyl (C=O) groups is 2. The molecule has 2 aromatic rings. The molecule has 0 aliphatic carbocycles. The largest absolute Gasteiger partial charge is 0.479 e. The van der Waals surface area contributed by atoms with Crippen molar-refractivity contribution in [3.63, 3.8) is 0 Å². The molecule has 1 atom stereocenters. The maximum atomic E-state index is 12.5. The molecule has 0 spiro atoms. The Hall–Kier alpha value is -2.38. The lowest BCUT2D eigenvalue weighted by molar-refractivity contribution is -0.155. The second-order valence-electron chi connectivity index (χ2n) is 6.25. The highest BCUT2D eigenvalue weighted by Crippen LogP contribution is 2.24. The zero-order valence-electron chi connectivity index (χ0n) is 14.2. The summed E-state index contributed by atoms with van der Waals surface area (Å²) in [5.74, 6) is -1.94. The van der Waals surface area contributed by atoms with Gasteiger partial charge in [0.05, 0.1) is 29.7 Å². The first-order valence-corrected chi connectivity index (χ1v) is 8.09.